The van der Waals surface area contributed by atoms with Crippen LogP contribution in [-0.2, 0) is 16.1 Å². The van der Waals surface area contributed by atoms with E-state index in [1.807, 2.05) is 92.7 Å². The zero-order valence-electron chi connectivity index (χ0n) is 24.5. The molecular formula is C33H40N2O6. The number of ether oxygens (including phenoxy) is 3. The smallest absolute Gasteiger partial charge is 0.411 e. The van der Waals surface area contributed by atoms with Crippen molar-refractivity contribution in [2.75, 3.05) is 24.6 Å². The number of carbonyl (C=O) groups is 2. The standard InChI is InChI=1S/C33H40N2O6/c1-32(2,3)41-31(38)34-21-30(37)35(20-25(34)19-33(4,5)23-36)26-15-9-10-16-27(26)40-29-18-12-11-17-28(29)39-22-24-13-7-6-8-14-24/h6-18,25,36H,19-23H2,1-5H3/t25-/m1/s1. The van der Waals surface area contributed by atoms with Gasteiger partial charge in [0.25, 0.3) is 0 Å². The molecule has 218 valence electrons. The number of amides is 2. The highest BCUT2D eigenvalue weighted by atomic mass is 16.6. The second kappa shape index (κ2) is 12.6. The summed E-state index contributed by atoms with van der Waals surface area (Å²) >= 11 is 0. The summed E-state index contributed by atoms with van der Waals surface area (Å²) < 4.78 is 18.1. The highest BCUT2D eigenvalue weighted by Gasteiger charge is 2.40. The van der Waals surface area contributed by atoms with Gasteiger partial charge in [0.05, 0.1) is 11.7 Å². The molecule has 8 nitrogen and oxygen atoms in total. The molecule has 41 heavy (non-hydrogen) atoms. The molecular weight excluding hydrogens is 520 g/mol. The summed E-state index contributed by atoms with van der Waals surface area (Å²) in [7, 11) is 0. The number of rotatable bonds is 9. The lowest BCUT2D eigenvalue weighted by Crippen LogP contribution is -2.60. The highest BCUT2D eigenvalue weighted by molar-refractivity contribution is 5.98. The molecule has 1 aliphatic heterocycles. The summed E-state index contributed by atoms with van der Waals surface area (Å²) in [4.78, 5) is 29.8. The zero-order valence-corrected chi connectivity index (χ0v) is 24.5. The third-order valence-electron chi connectivity index (χ3n) is 6.75. The van der Waals surface area contributed by atoms with Crippen molar-refractivity contribution in [2.45, 2.75) is 59.3 Å². The summed E-state index contributed by atoms with van der Waals surface area (Å²) in [6.45, 7) is 9.67. The molecule has 0 bridgehead atoms. The van der Waals surface area contributed by atoms with Crippen molar-refractivity contribution in [1.29, 1.82) is 0 Å². The normalized spacial score (nSPS) is 16.0. The number of carbonyl (C=O) groups excluding carboxylic acids is 2. The maximum absolute atomic E-state index is 13.5. The van der Waals surface area contributed by atoms with E-state index in [0.717, 1.165) is 5.56 Å². The van der Waals surface area contributed by atoms with Gasteiger partial charge in [-0.1, -0.05) is 68.4 Å². The van der Waals surface area contributed by atoms with Gasteiger partial charge in [0.1, 0.15) is 18.8 Å². The minimum Gasteiger partial charge on any atom is -0.485 e. The van der Waals surface area contributed by atoms with E-state index in [-0.39, 0.29) is 31.6 Å². The van der Waals surface area contributed by atoms with Gasteiger partial charge in [-0.15, -0.1) is 0 Å². The second-order valence-corrected chi connectivity index (χ2v) is 12.1. The Morgan fingerprint density at radius 2 is 1.49 bits per heavy atom. The van der Waals surface area contributed by atoms with E-state index in [9.17, 15) is 14.7 Å². The number of piperazine rings is 1. The van der Waals surface area contributed by atoms with Crippen LogP contribution in [0.2, 0.25) is 0 Å². The van der Waals surface area contributed by atoms with Crippen molar-refractivity contribution in [3.63, 3.8) is 0 Å². The van der Waals surface area contributed by atoms with Crippen LogP contribution in [0, 0.1) is 5.41 Å². The lowest BCUT2D eigenvalue weighted by atomic mass is 9.85. The molecule has 1 N–H and O–H groups in total. The lowest BCUT2D eigenvalue weighted by molar-refractivity contribution is -0.123. The minimum absolute atomic E-state index is 0.0565. The van der Waals surface area contributed by atoms with Gasteiger partial charge in [-0.3, -0.25) is 9.69 Å². The number of anilines is 1. The van der Waals surface area contributed by atoms with Gasteiger partial charge in [-0.2, -0.15) is 0 Å². The summed E-state index contributed by atoms with van der Waals surface area (Å²) in [6.07, 6.45) is -0.0654. The first-order valence-corrected chi connectivity index (χ1v) is 13.9. The van der Waals surface area contributed by atoms with Crippen LogP contribution < -0.4 is 14.4 Å². The van der Waals surface area contributed by atoms with Gasteiger partial charge in [0.15, 0.2) is 17.2 Å². The fourth-order valence-corrected chi connectivity index (χ4v) is 4.69. The topological polar surface area (TPSA) is 88.5 Å². The SMILES string of the molecule is CC(C)(CO)C[C@@H]1CN(c2ccccc2Oc2ccccc2OCc2ccccc2)C(=O)CN1C(=O)OC(C)(C)C. The van der Waals surface area contributed by atoms with Gasteiger partial charge in [0, 0.05) is 13.2 Å². The number of aliphatic hydroxyl groups is 1. The Hall–Kier alpha value is -4.04. The van der Waals surface area contributed by atoms with Gasteiger partial charge < -0.3 is 24.2 Å². The molecule has 0 aliphatic carbocycles. The third kappa shape index (κ3) is 8.01. The van der Waals surface area contributed by atoms with Crippen molar-refractivity contribution in [3.05, 3.63) is 84.4 Å². The number of nitrogens with zero attached hydrogens (tertiary/aromatic N) is 2. The molecule has 1 aliphatic rings. The van der Waals surface area contributed by atoms with Crippen LogP contribution >= 0.6 is 0 Å². The van der Waals surface area contributed by atoms with Crippen molar-refractivity contribution in [1.82, 2.24) is 4.90 Å². The number of hydrogen-bond donors (Lipinski definition) is 1. The van der Waals surface area contributed by atoms with Crippen LogP contribution in [0.1, 0.15) is 46.6 Å². The molecule has 1 fully saturated rings. The van der Waals surface area contributed by atoms with E-state index < -0.39 is 17.1 Å². The molecule has 8 heteroatoms. The lowest BCUT2D eigenvalue weighted by Gasteiger charge is -2.43. The molecule has 0 spiro atoms. The fourth-order valence-electron chi connectivity index (χ4n) is 4.69. The van der Waals surface area contributed by atoms with Crippen LogP contribution in [0.3, 0.4) is 0 Å². The summed E-state index contributed by atoms with van der Waals surface area (Å²) in [6, 6.07) is 24.3. The van der Waals surface area contributed by atoms with Gasteiger partial charge in [-0.05, 0) is 62.4 Å². The first kappa shape index (κ1) is 29.9. The first-order valence-electron chi connectivity index (χ1n) is 13.9. The Morgan fingerprint density at radius 3 is 2.15 bits per heavy atom. The molecule has 2 amide bonds. The molecule has 0 aromatic heterocycles. The van der Waals surface area contributed by atoms with Crippen LogP contribution in [0.15, 0.2) is 78.9 Å². The van der Waals surface area contributed by atoms with E-state index in [1.54, 1.807) is 25.7 Å². The van der Waals surface area contributed by atoms with E-state index in [1.165, 1.54) is 4.90 Å². The molecule has 0 unspecified atom stereocenters. The highest BCUT2D eigenvalue weighted by Crippen LogP contribution is 2.39. The van der Waals surface area contributed by atoms with Gasteiger partial charge in [0.2, 0.25) is 5.91 Å². The van der Waals surface area contributed by atoms with Crippen LogP contribution in [-0.4, -0.2) is 53.3 Å². The van der Waals surface area contributed by atoms with Gasteiger partial charge in [-0.25, -0.2) is 4.79 Å². The summed E-state index contributed by atoms with van der Waals surface area (Å²) in [5, 5.41) is 9.97. The van der Waals surface area contributed by atoms with Crippen LogP contribution in [0.5, 0.6) is 17.2 Å². The fraction of sp³-hybridized carbons (Fsp3) is 0.394. The molecule has 3 aromatic rings. The molecule has 1 saturated heterocycles. The Balaban J connectivity index is 1.59. The quantitative estimate of drug-likeness (QED) is 0.325. The Kier molecular flexibility index (Phi) is 9.23. The predicted molar refractivity (Wildman–Crippen MR) is 158 cm³/mol. The monoisotopic (exact) mass is 560 g/mol. The van der Waals surface area contributed by atoms with Crippen molar-refractivity contribution in [2.24, 2.45) is 5.41 Å². The summed E-state index contributed by atoms with van der Waals surface area (Å²) in [5.41, 5.74) is 0.450. The molecule has 4 rings (SSSR count). The van der Waals surface area contributed by atoms with Crippen LogP contribution in [0.4, 0.5) is 10.5 Å². The zero-order chi connectivity index (χ0) is 29.6. The number of para-hydroxylation sites is 4. The largest absolute Gasteiger partial charge is 0.485 e. The van der Waals surface area contributed by atoms with Gasteiger partial charge >= 0.3 is 6.09 Å². The Morgan fingerprint density at radius 1 is 0.878 bits per heavy atom. The van der Waals surface area contributed by atoms with Crippen LogP contribution in [0.25, 0.3) is 0 Å². The predicted octanol–water partition coefficient (Wildman–Crippen LogP) is 6.42. The Bertz CT molecular complexity index is 1330. The average Bonchev–Trinajstić information content (AvgIpc) is 2.93. The maximum Gasteiger partial charge on any atom is 0.411 e. The molecule has 0 saturated carbocycles. The second-order valence-electron chi connectivity index (χ2n) is 12.1. The van der Waals surface area contributed by atoms with Crippen molar-refractivity contribution >= 4 is 17.7 Å². The first-order chi connectivity index (χ1) is 19.5. The minimum atomic E-state index is -0.704. The number of hydrogen-bond acceptors (Lipinski definition) is 6. The van der Waals surface area contributed by atoms with E-state index in [2.05, 4.69) is 0 Å². The number of aliphatic hydroxyl groups excluding tert-OH is 1. The Labute approximate surface area is 242 Å². The average molecular weight is 561 g/mol. The van der Waals surface area contributed by atoms with E-state index in [0.29, 0.717) is 36.0 Å². The maximum atomic E-state index is 13.5. The molecule has 0 radical (unpaired) electrons. The van der Waals surface area contributed by atoms with E-state index >= 15 is 0 Å². The van der Waals surface area contributed by atoms with Crippen molar-refractivity contribution < 1.29 is 28.9 Å². The third-order valence-corrected chi connectivity index (χ3v) is 6.75. The molecule has 3 aromatic carbocycles. The van der Waals surface area contributed by atoms with Crippen molar-refractivity contribution in [3.8, 4) is 17.2 Å². The summed E-state index contributed by atoms with van der Waals surface area (Å²) in [5.74, 6) is 1.34. The molecule has 1 heterocycles. The van der Waals surface area contributed by atoms with E-state index in [4.69, 9.17) is 14.2 Å². The molecule has 1 atom stereocenters. The number of benzene rings is 3.